The molecule has 0 saturated heterocycles. The van der Waals surface area contributed by atoms with E-state index in [1.165, 1.54) is 10.8 Å². The summed E-state index contributed by atoms with van der Waals surface area (Å²) < 4.78 is 11.1. The third-order valence-electron chi connectivity index (χ3n) is 10.1. The minimum atomic E-state index is 0.632. The molecule has 0 spiro atoms. The maximum Gasteiger partial charge on any atom is 0.235 e. The van der Waals surface area contributed by atoms with Crippen molar-refractivity contribution in [1.82, 2.24) is 19.1 Å². The molecule has 5 heteroatoms. The number of fused-ring (bicyclic) bond motifs is 10. The first-order valence-corrected chi connectivity index (χ1v) is 17.2. The Kier molecular flexibility index (Phi) is 5.89. The first kappa shape index (κ1) is 27.9. The van der Waals surface area contributed by atoms with E-state index in [9.17, 15) is 0 Å². The van der Waals surface area contributed by atoms with Gasteiger partial charge in [-0.2, -0.15) is 0 Å². The summed E-state index contributed by atoms with van der Waals surface area (Å²) >= 11 is 0. The molecule has 11 aromatic rings. The zero-order valence-electron chi connectivity index (χ0n) is 27.4. The van der Waals surface area contributed by atoms with Gasteiger partial charge in [0.2, 0.25) is 5.95 Å². The molecule has 51 heavy (non-hydrogen) atoms. The van der Waals surface area contributed by atoms with Gasteiger partial charge >= 0.3 is 0 Å². The van der Waals surface area contributed by atoms with Gasteiger partial charge in [0.25, 0.3) is 0 Å². The molecule has 0 aliphatic rings. The molecule has 0 fully saturated rings. The largest absolute Gasteiger partial charge is 0.456 e. The third-order valence-corrected chi connectivity index (χ3v) is 10.1. The Morgan fingerprint density at radius 1 is 0.392 bits per heavy atom. The van der Waals surface area contributed by atoms with Crippen molar-refractivity contribution in [2.45, 2.75) is 0 Å². The highest BCUT2D eigenvalue weighted by molar-refractivity contribution is 6.27. The Morgan fingerprint density at radius 3 is 1.75 bits per heavy atom. The first-order chi connectivity index (χ1) is 25.3. The first-order valence-electron chi connectivity index (χ1n) is 17.2. The Labute approximate surface area is 292 Å². The lowest BCUT2D eigenvalue weighted by Gasteiger charge is -2.12. The van der Waals surface area contributed by atoms with Crippen molar-refractivity contribution in [3.05, 3.63) is 170 Å². The van der Waals surface area contributed by atoms with Crippen LogP contribution in [0.15, 0.2) is 174 Å². The molecule has 0 radical (unpaired) electrons. The monoisotopic (exact) mass is 652 g/mol. The smallest absolute Gasteiger partial charge is 0.235 e. The number of furan rings is 1. The van der Waals surface area contributed by atoms with Gasteiger partial charge in [-0.05, 0) is 42.5 Å². The maximum atomic E-state index is 6.43. The topological polar surface area (TPSA) is 48.8 Å². The fourth-order valence-corrected chi connectivity index (χ4v) is 7.88. The lowest BCUT2D eigenvalue weighted by atomic mass is 10.1. The summed E-state index contributed by atoms with van der Waals surface area (Å²) in [6.07, 6.45) is 0. The summed E-state index contributed by atoms with van der Waals surface area (Å²) in [4.78, 5) is 10.5. The normalized spacial score (nSPS) is 11.9. The van der Waals surface area contributed by atoms with Crippen LogP contribution in [0.25, 0.3) is 99.7 Å². The number of benzene rings is 7. The third kappa shape index (κ3) is 4.15. The fourth-order valence-electron chi connectivity index (χ4n) is 7.88. The van der Waals surface area contributed by atoms with E-state index in [0.29, 0.717) is 5.95 Å². The maximum absolute atomic E-state index is 6.43. The summed E-state index contributed by atoms with van der Waals surface area (Å²) in [6, 6.07) is 59.3. The van der Waals surface area contributed by atoms with Gasteiger partial charge in [-0.1, -0.05) is 121 Å². The van der Waals surface area contributed by atoms with Crippen LogP contribution >= 0.6 is 0 Å². The van der Waals surface area contributed by atoms with E-state index in [1.807, 2.05) is 24.3 Å². The zero-order valence-corrected chi connectivity index (χ0v) is 27.4. The standard InChI is InChI=1S/C46H28N4O/c1-4-14-29(15-5-1)37-27-38(30-16-6-2-7-17-30)48-46(47-37)50-39-22-12-10-21-34(39)44-40(50)25-24-33-35-26-36-32-20-11-13-23-42(32)51-43(36)28-41(35)49(45(33)44)31-18-8-3-9-19-31/h1-28H. The Morgan fingerprint density at radius 2 is 1.02 bits per heavy atom. The average molecular weight is 653 g/mol. The second-order valence-corrected chi connectivity index (χ2v) is 13.0. The van der Waals surface area contributed by atoms with Crippen molar-refractivity contribution in [2.75, 3.05) is 0 Å². The van der Waals surface area contributed by atoms with Crippen LogP contribution in [0.2, 0.25) is 0 Å². The second-order valence-electron chi connectivity index (χ2n) is 13.0. The highest BCUT2D eigenvalue weighted by Crippen LogP contribution is 2.44. The number of nitrogens with zero attached hydrogens (tertiary/aromatic N) is 4. The summed E-state index contributed by atoms with van der Waals surface area (Å²) in [5.74, 6) is 0.632. The van der Waals surface area contributed by atoms with Crippen LogP contribution in [0, 0.1) is 0 Å². The summed E-state index contributed by atoms with van der Waals surface area (Å²) in [7, 11) is 0. The van der Waals surface area contributed by atoms with Crippen molar-refractivity contribution in [1.29, 1.82) is 0 Å². The predicted octanol–water partition coefficient (Wildman–Crippen LogP) is 11.9. The lowest BCUT2D eigenvalue weighted by molar-refractivity contribution is 0.669. The highest BCUT2D eigenvalue weighted by Gasteiger charge is 2.23. The molecule has 0 aliphatic heterocycles. The molecule has 4 heterocycles. The van der Waals surface area contributed by atoms with Crippen LogP contribution < -0.4 is 0 Å². The minimum absolute atomic E-state index is 0.632. The van der Waals surface area contributed by atoms with Gasteiger partial charge in [-0.15, -0.1) is 0 Å². The SMILES string of the molecule is c1ccc(-c2cc(-c3ccccc3)nc(-n3c4ccccc4c4c3ccc3c5cc6c(cc5n(-c5ccccc5)c34)oc3ccccc36)n2)cc1. The molecule has 0 unspecified atom stereocenters. The zero-order chi connectivity index (χ0) is 33.5. The number of hydrogen-bond acceptors (Lipinski definition) is 3. The van der Waals surface area contributed by atoms with Gasteiger partial charge in [0, 0.05) is 55.2 Å². The summed E-state index contributed by atoms with van der Waals surface area (Å²) in [5, 5.41) is 6.90. The number of para-hydroxylation sites is 3. The van der Waals surface area contributed by atoms with E-state index in [2.05, 4.69) is 155 Å². The van der Waals surface area contributed by atoms with Crippen molar-refractivity contribution in [3.63, 3.8) is 0 Å². The van der Waals surface area contributed by atoms with Crippen molar-refractivity contribution in [3.8, 4) is 34.2 Å². The molecule has 238 valence electrons. The van der Waals surface area contributed by atoms with Gasteiger partial charge in [-0.3, -0.25) is 4.57 Å². The highest BCUT2D eigenvalue weighted by atomic mass is 16.3. The average Bonchev–Trinajstić information content (AvgIpc) is 3.85. The molecule has 4 aromatic heterocycles. The molecule has 5 nitrogen and oxygen atoms in total. The van der Waals surface area contributed by atoms with Crippen LogP contribution in [0.5, 0.6) is 0 Å². The molecule has 11 rings (SSSR count). The van der Waals surface area contributed by atoms with E-state index >= 15 is 0 Å². The molecular formula is C46H28N4O. The molecule has 0 bridgehead atoms. The number of rotatable bonds is 4. The second kappa shape index (κ2) is 10.8. The van der Waals surface area contributed by atoms with Gasteiger partial charge < -0.3 is 8.98 Å². The van der Waals surface area contributed by atoms with Crippen molar-refractivity contribution < 1.29 is 4.42 Å². The van der Waals surface area contributed by atoms with Crippen LogP contribution in [0.4, 0.5) is 0 Å². The van der Waals surface area contributed by atoms with Gasteiger partial charge in [-0.25, -0.2) is 9.97 Å². The molecule has 0 saturated carbocycles. The molecule has 0 N–H and O–H groups in total. The van der Waals surface area contributed by atoms with Crippen molar-refractivity contribution >= 4 is 65.6 Å². The van der Waals surface area contributed by atoms with E-state index in [4.69, 9.17) is 14.4 Å². The Hall–Kier alpha value is -6.98. The lowest BCUT2D eigenvalue weighted by Crippen LogP contribution is -2.04. The summed E-state index contributed by atoms with van der Waals surface area (Å²) in [5.41, 5.74) is 11.0. The quantitative estimate of drug-likeness (QED) is 0.190. The van der Waals surface area contributed by atoms with E-state index in [1.54, 1.807) is 0 Å². The van der Waals surface area contributed by atoms with Crippen LogP contribution in [0.1, 0.15) is 0 Å². The van der Waals surface area contributed by atoms with E-state index in [-0.39, 0.29) is 0 Å². The van der Waals surface area contributed by atoms with Crippen LogP contribution in [-0.2, 0) is 0 Å². The Bertz CT molecular complexity index is 3060. The molecule has 0 aliphatic carbocycles. The van der Waals surface area contributed by atoms with Crippen molar-refractivity contribution in [2.24, 2.45) is 0 Å². The predicted molar refractivity (Wildman–Crippen MR) is 209 cm³/mol. The van der Waals surface area contributed by atoms with E-state index < -0.39 is 0 Å². The summed E-state index contributed by atoms with van der Waals surface area (Å²) in [6.45, 7) is 0. The van der Waals surface area contributed by atoms with E-state index in [0.717, 1.165) is 83.0 Å². The molecule has 0 atom stereocenters. The molecule has 7 aromatic carbocycles. The molecular weight excluding hydrogens is 625 g/mol. The number of aromatic nitrogens is 4. The molecule has 0 amide bonds. The number of hydrogen-bond donors (Lipinski definition) is 0. The van der Waals surface area contributed by atoms with Gasteiger partial charge in [0.1, 0.15) is 11.2 Å². The van der Waals surface area contributed by atoms with Gasteiger partial charge in [0.15, 0.2) is 0 Å². The van der Waals surface area contributed by atoms with Crippen LogP contribution in [-0.4, -0.2) is 19.1 Å². The fraction of sp³-hybridized carbons (Fsp3) is 0. The van der Waals surface area contributed by atoms with Gasteiger partial charge in [0.05, 0.1) is 33.5 Å². The Balaban J connectivity index is 1.29. The minimum Gasteiger partial charge on any atom is -0.456 e. The van der Waals surface area contributed by atoms with Crippen LogP contribution in [0.3, 0.4) is 0 Å².